The molecule has 0 spiro atoms. The molecule has 3 N–H and O–H groups in total. The number of aryl methyl sites for hydroxylation is 2. The Kier molecular flexibility index (Phi) is 6.37. The number of rotatable bonds is 7. The van der Waals surface area contributed by atoms with Gasteiger partial charge in [-0.25, -0.2) is 0 Å². The molecular formula is C20H28N2O2. The first-order valence-corrected chi connectivity index (χ1v) is 8.33. The Hall–Kier alpha value is -1.88. The standard InChI is InChI=1S/C20H28N2O2/c1-14-11-15(2)16(3)20(12-14)24-18-7-5-17(6-8-18)19(13-21)22(4)9-10-23/h5-8,11-12,19,23H,9-10,13,21H2,1-4H3. The Balaban J connectivity index is 2.18. The van der Waals surface area contributed by atoms with Crippen LogP contribution >= 0.6 is 0 Å². The van der Waals surface area contributed by atoms with Crippen LogP contribution in [0.2, 0.25) is 0 Å². The first kappa shape index (κ1) is 18.5. The third-order valence-corrected chi connectivity index (χ3v) is 4.46. The zero-order valence-electron chi connectivity index (χ0n) is 15.0. The molecule has 0 aliphatic rings. The smallest absolute Gasteiger partial charge is 0.130 e. The predicted molar refractivity (Wildman–Crippen MR) is 98.7 cm³/mol. The molecule has 0 radical (unpaired) electrons. The Bertz CT molecular complexity index is 668. The lowest BCUT2D eigenvalue weighted by molar-refractivity contribution is 0.183. The van der Waals surface area contributed by atoms with Crippen molar-refractivity contribution >= 4 is 0 Å². The summed E-state index contributed by atoms with van der Waals surface area (Å²) in [5.41, 5.74) is 10.6. The van der Waals surface area contributed by atoms with E-state index in [-0.39, 0.29) is 12.6 Å². The summed E-state index contributed by atoms with van der Waals surface area (Å²) in [6.45, 7) is 7.48. The van der Waals surface area contributed by atoms with Crippen LogP contribution in [0.3, 0.4) is 0 Å². The predicted octanol–water partition coefficient (Wildman–Crippen LogP) is 3.33. The Labute approximate surface area is 144 Å². The van der Waals surface area contributed by atoms with Gasteiger partial charge in [0.15, 0.2) is 0 Å². The van der Waals surface area contributed by atoms with E-state index < -0.39 is 0 Å². The van der Waals surface area contributed by atoms with Gasteiger partial charge in [-0.3, -0.25) is 4.90 Å². The highest BCUT2D eigenvalue weighted by atomic mass is 16.5. The third-order valence-electron chi connectivity index (χ3n) is 4.46. The van der Waals surface area contributed by atoms with Crippen LogP contribution in [-0.2, 0) is 0 Å². The number of hydrogen-bond acceptors (Lipinski definition) is 4. The van der Waals surface area contributed by atoms with E-state index in [1.165, 1.54) is 11.1 Å². The molecule has 0 fully saturated rings. The van der Waals surface area contributed by atoms with Crippen molar-refractivity contribution in [2.45, 2.75) is 26.8 Å². The third kappa shape index (κ3) is 4.35. The van der Waals surface area contributed by atoms with Gasteiger partial charge in [0.05, 0.1) is 6.61 Å². The summed E-state index contributed by atoms with van der Waals surface area (Å²) in [4.78, 5) is 2.06. The van der Waals surface area contributed by atoms with Crippen LogP contribution in [0.15, 0.2) is 36.4 Å². The maximum Gasteiger partial charge on any atom is 0.130 e. The van der Waals surface area contributed by atoms with Gasteiger partial charge in [-0.05, 0) is 68.3 Å². The minimum Gasteiger partial charge on any atom is -0.457 e. The summed E-state index contributed by atoms with van der Waals surface area (Å²) in [6.07, 6.45) is 0. The molecule has 0 saturated carbocycles. The van der Waals surface area contributed by atoms with Crippen molar-refractivity contribution in [3.63, 3.8) is 0 Å². The largest absolute Gasteiger partial charge is 0.457 e. The highest BCUT2D eigenvalue weighted by Gasteiger charge is 2.15. The van der Waals surface area contributed by atoms with Crippen LogP contribution < -0.4 is 10.5 Å². The summed E-state index contributed by atoms with van der Waals surface area (Å²) < 4.78 is 6.06. The van der Waals surface area contributed by atoms with Gasteiger partial charge in [-0.15, -0.1) is 0 Å². The van der Waals surface area contributed by atoms with Crippen molar-refractivity contribution < 1.29 is 9.84 Å². The van der Waals surface area contributed by atoms with Crippen LogP contribution in [0.4, 0.5) is 0 Å². The fourth-order valence-corrected chi connectivity index (χ4v) is 2.88. The second-order valence-electron chi connectivity index (χ2n) is 6.33. The van der Waals surface area contributed by atoms with E-state index in [0.717, 1.165) is 22.6 Å². The van der Waals surface area contributed by atoms with E-state index in [1.54, 1.807) is 0 Å². The molecule has 0 bridgehead atoms. The van der Waals surface area contributed by atoms with Crippen molar-refractivity contribution in [1.82, 2.24) is 4.90 Å². The molecule has 130 valence electrons. The maximum atomic E-state index is 9.10. The van der Waals surface area contributed by atoms with E-state index in [9.17, 15) is 0 Å². The zero-order valence-corrected chi connectivity index (χ0v) is 15.0. The molecule has 4 heteroatoms. The van der Waals surface area contributed by atoms with Gasteiger partial charge in [0.25, 0.3) is 0 Å². The summed E-state index contributed by atoms with van der Waals surface area (Å²) in [5.74, 6) is 1.71. The summed E-state index contributed by atoms with van der Waals surface area (Å²) in [6, 6.07) is 12.3. The number of likely N-dealkylation sites (N-methyl/N-ethyl adjacent to an activating group) is 1. The number of benzene rings is 2. The van der Waals surface area contributed by atoms with E-state index in [0.29, 0.717) is 13.1 Å². The normalized spacial score (nSPS) is 12.5. The topological polar surface area (TPSA) is 58.7 Å². The quantitative estimate of drug-likeness (QED) is 0.818. The molecule has 0 aromatic heterocycles. The number of ether oxygens (including phenoxy) is 1. The number of nitrogens with zero attached hydrogens (tertiary/aromatic N) is 1. The van der Waals surface area contributed by atoms with E-state index in [1.807, 2.05) is 31.3 Å². The van der Waals surface area contributed by atoms with Gasteiger partial charge in [-0.2, -0.15) is 0 Å². The maximum absolute atomic E-state index is 9.10. The lowest BCUT2D eigenvalue weighted by atomic mass is 10.0. The van der Waals surface area contributed by atoms with E-state index in [2.05, 4.69) is 37.8 Å². The number of hydrogen-bond donors (Lipinski definition) is 2. The molecule has 4 nitrogen and oxygen atoms in total. The van der Waals surface area contributed by atoms with Gasteiger partial charge < -0.3 is 15.6 Å². The Morgan fingerprint density at radius 3 is 2.38 bits per heavy atom. The molecule has 1 unspecified atom stereocenters. The average Bonchev–Trinajstić information content (AvgIpc) is 2.54. The fourth-order valence-electron chi connectivity index (χ4n) is 2.88. The SMILES string of the molecule is Cc1cc(C)c(C)c(Oc2ccc(C(CN)N(C)CCO)cc2)c1. The van der Waals surface area contributed by atoms with Gasteiger partial charge in [0, 0.05) is 19.1 Å². The van der Waals surface area contributed by atoms with Crippen molar-refractivity contribution in [3.8, 4) is 11.5 Å². The van der Waals surface area contributed by atoms with Crippen LogP contribution in [0.1, 0.15) is 28.3 Å². The second kappa shape index (κ2) is 8.29. The molecule has 0 aliphatic heterocycles. The molecule has 2 aromatic carbocycles. The van der Waals surface area contributed by atoms with E-state index in [4.69, 9.17) is 15.6 Å². The monoisotopic (exact) mass is 328 g/mol. The second-order valence-corrected chi connectivity index (χ2v) is 6.33. The van der Waals surface area contributed by atoms with Gasteiger partial charge in [0.2, 0.25) is 0 Å². The average molecular weight is 328 g/mol. The molecule has 24 heavy (non-hydrogen) atoms. The summed E-state index contributed by atoms with van der Waals surface area (Å²) in [7, 11) is 1.97. The molecular weight excluding hydrogens is 300 g/mol. The first-order chi connectivity index (χ1) is 11.5. The van der Waals surface area contributed by atoms with Crippen molar-refractivity contribution in [1.29, 1.82) is 0 Å². The van der Waals surface area contributed by atoms with Crippen molar-refractivity contribution in [2.24, 2.45) is 5.73 Å². The Morgan fingerprint density at radius 1 is 1.12 bits per heavy atom. The zero-order chi connectivity index (χ0) is 17.7. The van der Waals surface area contributed by atoms with Crippen LogP contribution in [0, 0.1) is 20.8 Å². The van der Waals surface area contributed by atoms with Crippen LogP contribution in [0.25, 0.3) is 0 Å². The van der Waals surface area contributed by atoms with Crippen LogP contribution in [-0.4, -0.2) is 36.8 Å². The molecule has 0 saturated heterocycles. The molecule has 2 aromatic rings. The lowest BCUT2D eigenvalue weighted by Gasteiger charge is -2.26. The highest BCUT2D eigenvalue weighted by molar-refractivity contribution is 5.44. The van der Waals surface area contributed by atoms with Gasteiger partial charge >= 0.3 is 0 Å². The van der Waals surface area contributed by atoms with Crippen molar-refractivity contribution in [3.05, 3.63) is 58.7 Å². The minimum atomic E-state index is 0.0918. The first-order valence-electron chi connectivity index (χ1n) is 8.33. The number of nitrogens with two attached hydrogens (primary N) is 1. The molecule has 0 amide bonds. The highest BCUT2D eigenvalue weighted by Crippen LogP contribution is 2.29. The lowest BCUT2D eigenvalue weighted by Crippen LogP contribution is -2.32. The minimum absolute atomic E-state index is 0.0918. The molecule has 1 atom stereocenters. The molecule has 0 heterocycles. The van der Waals surface area contributed by atoms with Crippen molar-refractivity contribution in [2.75, 3.05) is 26.7 Å². The molecule has 2 rings (SSSR count). The summed E-state index contributed by atoms with van der Waals surface area (Å²) >= 11 is 0. The molecule has 0 aliphatic carbocycles. The Morgan fingerprint density at radius 2 is 1.79 bits per heavy atom. The fraction of sp³-hybridized carbons (Fsp3) is 0.400. The van der Waals surface area contributed by atoms with Crippen LogP contribution in [0.5, 0.6) is 11.5 Å². The number of aliphatic hydroxyl groups is 1. The number of aliphatic hydroxyl groups excluding tert-OH is 1. The summed E-state index contributed by atoms with van der Waals surface area (Å²) in [5, 5.41) is 9.10. The van der Waals surface area contributed by atoms with Gasteiger partial charge in [0.1, 0.15) is 11.5 Å². The van der Waals surface area contributed by atoms with Gasteiger partial charge in [-0.1, -0.05) is 18.2 Å². The van der Waals surface area contributed by atoms with E-state index >= 15 is 0 Å².